The van der Waals surface area contributed by atoms with Crippen molar-refractivity contribution in [2.24, 2.45) is 0 Å². The van der Waals surface area contributed by atoms with Gasteiger partial charge in [0.2, 0.25) is 0 Å². The molecule has 0 saturated carbocycles. The fourth-order valence-electron chi connectivity index (χ4n) is 2.58. The van der Waals surface area contributed by atoms with Crippen LogP contribution in [0, 0.1) is 0 Å². The van der Waals surface area contributed by atoms with Gasteiger partial charge in [0.1, 0.15) is 5.76 Å². The fraction of sp³-hybridized carbons (Fsp3) is 0.190. The van der Waals surface area contributed by atoms with E-state index in [0.717, 1.165) is 12.0 Å². The van der Waals surface area contributed by atoms with Gasteiger partial charge in [0.25, 0.3) is 5.91 Å². The highest BCUT2D eigenvalue weighted by Crippen LogP contribution is 2.18. The molecular formula is C21H20ClNO3S2. The maximum Gasteiger partial charge on any atom is 0.287 e. The van der Waals surface area contributed by atoms with E-state index in [0.29, 0.717) is 22.2 Å². The van der Waals surface area contributed by atoms with Crippen LogP contribution in [0.3, 0.4) is 0 Å². The van der Waals surface area contributed by atoms with E-state index in [1.54, 1.807) is 48.2 Å². The van der Waals surface area contributed by atoms with E-state index in [9.17, 15) is 9.00 Å². The summed E-state index contributed by atoms with van der Waals surface area (Å²) in [6, 6.07) is 18.4. The van der Waals surface area contributed by atoms with Crippen molar-refractivity contribution in [2.45, 2.75) is 22.0 Å². The molecule has 0 bridgehead atoms. The Morgan fingerprint density at radius 1 is 1.07 bits per heavy atom. The van der Waals surface area contributed by atoms with Crippen LogP contribution in [-0.4, -0.2) is 22.9 Å². The van der Waals surface area contributed by atoms with Gasteiger partial charge < -0.3 is 9.73 Å². The van der Waals surface area contributed by atoms with E-state index in [-0.39, 0.29) is 17.4 Å². The number of carbonyl (C=O) groups is 1. The molecule has 0 aliphatic carbocycles. The predicted octanol–water partition coefficient (Wildman–Crippen LogP) is 4.94. The van der Waals surface area contributed by atoms with Crippen LogP contribution in [0.1, 0.15) is 21.9 Å². The quantitative estimate of drug-likeness (QED) is 0.511. The Morgan fingerprint density at radius 3 is 2.46 bits per heavy atom. The topological polar surface area (TPSA) is 59.3 Å². The zero-order valence-electron chi connectivity index (χ0n) is 15.3. The van der Waals surface area contributed by atoms with Crippen LogP contribution in [0.2, 0.25) is 5.02 Å². The lowest BCUT2D eigenvalue weighted by atomic mass is 10.1. The van der Waals surface area contributed by atoms with Gasteiger partial charge in [-0.15, -0.1) is 11.8 Å². The van der Waals surface area contributed by atoms with Crippen LogP contribution >= 0.6 is 23.4 Å². The molecular weight excluding hydrogens is 414 g/mol. The van der Waals surface area contributed by atoms with Crippen LogP contribution in [0.5, 0.6) is 0 Å². The number of nitrogens with one attached hydrogen (secondary N) is 1. The third kappa shape index (κ3) is 5.74. The lowest BCUT2D eigenvalue weighted by Gasteiger charge is -2.05. The number of carbonyl (C=O) groups excluding carboxylic acids is 1. The average molecular weight is 434 g/mol. The maximum atomic E-state index is 12.4. The molecule has 1 aromatic heterocycles. The molecule has 0 aliphatic rings. The van der Waals surface area contributed by atoms with Gasteiger partial charge in [-0.3, -0.25) is 9.00 Å². The van der Waals surface area contributed by atoms with Crippen molar-refractivity contribution in [3.8, 4) is 0 Å². The van der Waals surface area contributed by atoms with E-state index in [4.69, 9.17) is 16.0 Å². The first-order chi connectivity index (χ1) is 13.5. The number of furan rings is 1. The molecule has 0 aliphatic heterocycles. The zero-order valence-corrected chi connectivity index (χ0v) is 17.7. The summed E-state index contributed by atoms with van der Waals surface area (Å²) in [6.07, 6.45) is 2.78. The third-order valence-electron chi connectivity index (χ3n) is 4.09. The van der Waals surface area contributed by atoms with Crippen molar-refractivity contribution in [1.29, 1.82) is 0 Å². The minimum Gasteiger partial charge on any atom is -0.455 e. The summed E-state index contributed by atoms with van der Waals surface area (Å²) < 4.78 is 17.9. The molecule has 0 unspecified atom stereocenters. The second-order valence-corrected chi connectivity index (χ2v) is 8.83. The Kier molecular flexibility index (Phi) is 7.36. The van der Waals surface area contributed by atoms with Gasteiger partial charge in [-0.2, -0.15) is 0 Å². The van der Waals surface area contributed by atoms with Crippen LogP contribution in [0.4, 0.5) is 0 Å². The lowest BCUT2D eigenvalue weighted by Crippen LogP contribution is -2.25. The van der Waals surface area contributed by atoms with Crippen molar-refractivity contribution >= 4 is 40.1 Å². The summed E-state index contributed by atoms with van der Waals surface area (Å²) in [5.41, 5.74) is 1.16. The van der Waals surface area contributed by atoms with Gasteiger partial charge in [-0.05, 0) is 66.8 Å². The maximum absolute atomic E-state index is 12.4. The highest BCUT2D eigenvalue weighted by atomic mass is 35.5. The molecule has 0 fully saturated rings. The van der Waals surface area contributed by atoms with Crippen molar-refractivity contribution < 1.29 is 13.4 Å². The fourth-order valence-corrected chi connectivity index (χ4v) is 4.13. The summed E-state index contributed by atoms with van der Waals surface area (Å²) in [6.45, 7) is 0.518. The third-order valence-corrected chi connectivity index (χ3v) is 6.43. The number of benzene rings is 2. The van der Waals surface area contributed by atoms with Gasteiger partial charge in [0.05, 0.1) is 16.6 Å². The van der Waals surface area contributed by atoms with E-state index in [2.05, 4.69) is 29.6 Å². The lowest BCUT2D eigenvalue weighted by molar-refractivity contribution is 0.0925. The molecule has 1 amide bonds. The summed E-state index contributed by atoms with van der Waals surface area (Å²) >= 11 is 7.55. The molecule has 28 heavy (non-hydrogen) atoms. The van der Waals surface area contributed by atoms with Gasteiger partial charge >= 0.3 is 0 Å². The smallest absolute Gasteiger partial charge is 0.287 e. The van der Waals surface area contributed by atoms with E-state index in [1.807, 2.05) is 6.26 Å². The molecule has 3 rings (SSSR count). The van der Waals surface area contributed by atoms with Crippen LogP contribution < -0.4 is 5.32 Å². The number of hydrogen-bond acceptors (Lipinski definition) is 4. The second kappa shape index (κ2) is 9.96. The average Bonchev–Trinajstić information content (AvgIpc) is 3.17. The van der Waals surface area contributed by atoms with Gasteiger partial charge in [0, 0.05) is 21.4 Å². The van der Waals surface area contributed by atoms with Crippen LogP contribution in [0.15, 0.2) is 74.9 Å². The molecule has 4 nitrogen and oxygen atoms in total. The Balaban J connectivity index is 1.50. The molecule has 0 radical (unpaired) electrons. The van der Waals surface area contributed by atoms with Crippen molar-refractivity contribution in [3.63, 3.8) is 0 Å². The molecule has 1 N–H and O–H groups in total. The molecule has 0 spiro atoms. The van der Waals surface area contributed by atoms with Gasteiger partial charge in [0.15, 0.2) is 5.76 Å². The standard InChI is InChI=1S/C21H20ClNO3S2/c1-27-18-7-2-15(3-8-18)12-13-23-21(24)20-11-6-17(26-20)14-28(25)19-9-4-16(22)5-10-19/h2-11H,12-14H2,1H3,(H,23,24)/t28-/m1/s1. The Labute approximate surface area is 176 Å². The summed E-state index contributed by atoms with van der Waals surface area (Å²) in [7, 11) is -1.26. The molecule has 1 atom stereocenters. The Morgan fingerprint density at radius 2 is 1.79 bits per heavy atom. The number of rotatable bonds is 8. The largest absolute Gasteiger partial charge is 0.455 e. The Bertz CT molecular complexity index is 953. The number of amides is 1. The number of thioether (sulfide) groups is 1. The van der Waals surface area contributed by atoms with Gasteiger partial charge in [-0.25, -0.2) is 0 Å². The highest BCUT2D eigenvalue weighted by molar-refractivity contribution is 7.98. The first-order valence-corrected chi connectivity index (χ1v) is 11.6. The normalized spacial score (nSPS) is 11.9. The molecule has 1 heterocycles. The number of halogens is 1. The van der Waals surface area contributed by atoms with Crippen LogP contribution in [-0.2, 0) is 23.0 Å². The minimum absolute atomic E-state index is 0.205. The van der Waals surface area contributed by atoms with Crippen LogP contribution in [0.25, 0.3) is 0 Å². The molecule has 2 aromatic carbocycles. The zero-order chi connectivity index (χ0) is 19.9. The van der Waals surface area contributed by atoms with E-state index < -0.39 is 10.8 Å². The van der Waals surface area contributed by atoms with Crippen molar-refractivity contribution in [1.82, 2.24) is 5.32 Å². The molecule has 146 valence electrons. The van der Waals surface area contributed by atoms with Gasteiger partial charge in [-0.1, -0.05) is 23.7 Å². The summed E-state index contributed by atoms with van der Waals surface area (Å²) in [5.74, 6) is 0.660. The van der Waals surface area contributed by atoms with Crippen molar-refractivity contribution in [3.05, 3.63) is 82.8 Å². The van der Waals surface area contributed by atoms with E-state index >= 15 is 0 Å². The molecule has 7 heteroatoms. The molecule has 0 saturated heterocycles. The SMILES string of the molecule is CSc1ccc(CCNC(=O)c2ccc(C[S@@](=O)c3ccc(Cl)cc3)o2)cc1. The highest BCUT2D eigenvalue weighted by Gasteiger charge is 2.13. The number of hydrogen-bond donors (Lipinski definition) is 1. The molecule has 3 aromatic rings. The van der Waals surface area contributed by atoms with E-state index in [1.165, 1.54) is 4.90 Å². The minimum atomic E-state index is -1.26. The Hall–Kier alpha value is -2.02. The first kappa shape index (κ1) is 20.7. The summed E-state index contributed by atoms with van der Waals surface area (Å²) in [5, 5.41) is 3.45. The monoisotopic (exact) mass is 433 g/mol. The second-order valence-electron chi connectivity index (χ2n) is 6.06. The summed E-state index contributed by atoms with van der Waals surface area (Å²) in [4.78, 5) is 14.1. The van der Waals surface area contributed by atoms with Crippen molar-refractivity contribution in [2.75, 3.05) is 12.8 Å². The first-order valence-electron chi connectivity index (χ1n) is 8.69. The predicted molar refractivity (Wildman–Crippen MR) is 115 cm³/mol.